The normalized spacial score (nSPS) is 16.1. The lowest BCUT2D eigenvalue weighted by molar-refractivity contribution is -0.138. The zero-order chi connectivity index (χ0) is 29.5. The molecule has 1 aromatic carbocycles. The van der Waals surface area contributed by atoms with Crippen molar-refractivity contribution in [1.82, 2.24) is 20.3 Å². The number of fused-ring (bicyclic) bond motifs is 1. The Bertz CT molecular complexity index is 1510. The van der Waals surface area contributed by atoms with E-state index in [0.29, 0.717) is 68.3 Å². The highest BCUT2D eigenvalue weighted by Gasteiger charge is 2.37. The molecule has 0 spiro atoms. The second-order valence-electron chi connectivity index (χ2n) is 10.0. The number of carbonyl (C=O) groups is 1. The molecule has 5 rings (SSSR count). The Morgan fingerprint density at radius 2 is 1.76 bits per heavy atom. The summed E-state index contributed by atoms with van der Waals surface area (Å²) in [5.74, 6) is -2.35. The number of pyridine rings is 1. The van der Waals surface area contributed by atoms with Gasteiger partial charge < -0.3 is 15.2 Å². The Hall–Kier alpha value is -3.97. The average Bonchev–Trinajstić information content (AvgIpc) is 3.41. The first-order valence-electron chi connectivity index (χ1n) is 12.9. The minimum absolute atomic E-state index is 0.212. The number of carbonyl (C=O) groups excluding carboxylic acids is 1. The van der Waals surface area contributed by atoms with E-state index < -0.39 is 64.6 Å². The quantitative estimate of drug-likeness (QED) is 0.412. The van der Waals surface area contributed by atoms with Crippen LogP contribution >= 0.6 is 0 Å². The second kappa shape index (κ2) is 10.8. The van der Waals surface area contributed by atoms with E-state index in [9.17, 15) is 35.9 Å². The third kappa shape index (κ3) is 5.91. The van der Waals surface area contributed by atoms with Crippen molar-refractivity contribution in [2.45, 2.75) is 51.0 Å². The number of halogens is 7. The van der Waals surface area contributed by atoms with Gasteiger partial charge in [-0.2, -0.15) is 26.3 Å². The van der Waals surface area contributed by atoms with Gasteiger partial charge in [0.2, 0.25) is 5.91 Å². The molecule has 2 aromatic heterocycles. The van der Waals surface area contributed by atoms with E-state index in [2.05, 4.69) is 20.3 Å². The van der Waals surface area contributed by atoms with Crippen LogP contribution in [-0.2, 0) is 36.5 Å². The van der Waals surface area contributed by atoms with Gasteiger partial charge in [-0.05, 0) is 50.3 Å². The summed E-state index contributed by atoms with van der Waals surface area (Å²) in [6.07, 6.45) is -6.53. The van der Waals surface area contributed by atoms with Crippen LogP contribution in [0.4, 0.5) is 36.6 Å². The predicted octanol–water partition coefficient (Wildman–Crippen LogP) is 5.03. The summed E-state index contributed by atoms with van der Waals surface area (Å²) in [6, 6.07) is 3.83. The lowest BCUT2D eigenvalue weighted by atomic mass is 9.95. The Morgan fingerprint density at radius 1 is 1.02 bits per heavy atom. The molecule has 1 saturated heterocycles. The zero-order valence-electron chi connectivity index (χ0n) is 21.4. The van der Waals surface area contributed by atoms with Gasteiger partial charge in [0.05, 0.1) is 22.4 Å². The van der Waals surface area contributed by atoms with Crippen LogP contribution in [-0.4, -0.2) is 33.9 Å². The first kappa shape index (κ1) is 28.6. The minimum atomic E-state index is -4.93. The zero-order valence-corrected chi connectivity index (χ0v) is 21.4. The monoisotopic (exact) mass is 583 g/mol. The molecule has 218 valence electrons. The largest absolute Gasteiger partial charge is 0.417 e. The van der Waals surface area contributed by atoms with Crippen molar-refractivity contribution >= 4 is 11.7 Å². The van der Waals surface area contributed by atoms with Gasteiger partial charge >= 0.3 is 12.4 Å². The molecular formula is C27H24F7N5O2. The topological polar surface area (TPSA) is 91.0 Å². The molecule has 2 N–H and O–H groups in total. The van der Waals surface area contributed by atoms with E-state index in [1.165, 1.54) is 6.07 Å². The Kier molecular flexibility index (Phi) is 7.51. The van der Waals surface area contributed by atoms with Gasteiger partial charge in [-0.25, -0.2) is 14.4 Å². The van der Waals surface area contributed by atoms with Crippen molar-refractivity contribution in [2.24, 2.45) is 5.92 Å². The molecule has 1 amide bonds. The Morgan fingerprint density at radius 3 is 2.39 bits per heavy atom. The number of piperidine rings is 1. The number of hydrogen-bond donors (Lipinski definition) is 2. The Balaban J connectivity index is 1.28. The van der Waals surface area contributed by atoms with Crippen molar-refractivity contribution in [3.63, 3.8) is 0 Å². The van der Waals surface area contributed by atoms with Crippen LogP contribution in [0.5, 0.6) is 0 Å². The summed E-state index contributed by atoms with van der Waals surface area (Å²) in [4.78, 5) is 37.2. The molecule has 0 unspecified atom stereocenters. The third-order valence-corrected chi connectivity index (χ3v) is 7.42. The molecule has 1 aliphatic heterocycles. The number of benzene rings is 1. The average molecular weight is 584 g/mol. The summed E-state index contributed by atoms with van der Waals surface area (Å²) >= 11 is 0. The molecule has 0 radical (unpaired) electrons. The Labute approximate surface area is 228 Å². The second-order valence-corrected chi connectivity index (χ2v) is 10.0. The first-order valence-corrected chi connectivity index (χ1v) is 12.9. The van der Waals surface area contributed by atoms with Gasteiger partial charge in [0, 0.05) is 42.9 Å². The number of anilines is 1. The number of alkyl halides is 6. The minimum Gasteiger partial charge on any atom is -0.357 e. The van der Waals surface area contributed by atoms with Gasteiger partial charge in [-0.3, -0.25) is 9.59 Å². The molecule has 0 saturated carbocycles. The maximum Gasteiger partial charge on any atom is 0.417 e. The fraction of sp³-hybridized carbons (Fsp3) is 0.407. The number of hydrogen-bond acceptors (Lipinski definition) is 5. The standard InChI is InChI=1S/C27H24F7N5O2/c28-22-15(4-6-18(27(32,33)34)21(22)23-37-19-3-1-2-17(19)25(41)38-23)12-36-24(40)14-8-10-39(11-9-14)20-7-5-16(13-35-20)26(29,30)31/h4-7,13-14H,1-3,8-12H2,(H,36,40)(H,37,38,41). The molecule has 3 heterocycles. The summed E-state index contributed by atoms with van der Waals surface area (Å²) < 4.78 is 95.3. The molecule has 1 fully saturated rings. The maximum absolute atomic E-state index is 15.6. The van der Waals surface area contributed by atoms with E-state index >= 15 is 4.39 Å². The van der Waals surface area contributed by atoms with Crippen LogP contribution in [0.15, 0.2) is 35.3 Å². The van der Waals surface area contributed by atoms with Crippen LogP contribution in [0, 0.1) is 11.7 Å². The van der Waals surface area contributed by atoms with Gasteiger partial charge in [-0.15, -0.1) is 0 Å². The van der Waals surface area contributed by atoms with Gasteiger partial charge in [0.25, 0.3) is 5.56 Å². The fourth-order valence-electron chi connectivity index (χ4n) is 5.22. The lowest BCUT2D eigenvalue weighted by Gasteiger charge is -2.32. The van der Waals surface area contributed by atoms with Gasteiger partial charge in [0.15, 0.2) is 0 Å². The van der Waals surface area contributed by atoms with Gasteiger partial charge in [0.1, 0.15) is 17.5 Å². The number of rotatable bonds is 5. The van der Waals surface area contributed by atoms with Crippen LogP contribution in [0.1, 0.15) is 47.2 Å². The van der Waals surface area contributed by atoms with Crippen LogP contribution in [0.3, 0.4) is 0 Å². The number of nitrogens with zero attached hydrogens (tertiary/aromatic N) is 3. The number of nitrogens with one attached hydrogen (secondary N) is 2. The summed E-state index contributed by atoms with van der Waals surface area (Å²) in [5.41, 5.74) is -3.14. The van der Waals surface area contributed by atoms with Crippen molar-refractivity contribution < 1.29 is 35.5 Å². The number of aryl methyl sites for hydroxylation is 1. The van der Waals surface area contributed by atoms with E-state index in [1.54, 1.807) is 4.90 Å². The van der Waals surface area contributed by atoms with E-state index in [0.717, 1.165) is 18.3 Å². The van der Waals surface area contributed by atoms with Crippen molar-refractivity contribution in [3.05, 3.63) is 74.6 Å². The van der Waals surface area contributed by atoms with Crippen molar-refractivity contribution in [2.75, 3.05) is 18.0 Å². The SMILES string of the molecule is O=C(NCc1ccc(C(F)(F)F)c(-c2nc3c(c(=O)[nH]2)CCC3)c1F)C1CCN(c2ccc(C(F)(F)F)cn2)CC1. The molecule has 1 aliphatic carbocycles. The molecule has 3 aromatic rings. The number of H-pyrrole nitrogens is 1. The first-order chi connectivity index (χ1) is 19.3. The van der Waals surface area contributed by atoms with E-state index in [1.807, 2.05) is 0 Å². The smallest absolute Gasteiger partial charge is 0.357 e. The van der Waals surface area contributed by atoms with Crippen LogP contribution in [0.25, 0.3) is 11.4 Å². The molecule has 0 atom stereocenters. The highest BCUT2D eigenvalue weighted by atomic mass is 19.4. The highest BCUT2D eigenvalue weighted by Crippen LogP contribution is 2.39. The summed E-state index contributed by atoms with van der Waals surface area (Å²) in [6.45, 7) is 0.283. The van der Waals surface area contributed by atoms with E-state index in [4.69, 9.17) is 0 Å². The number of amides is 1. The summed E-state index contributed by atoms with van der Waals surface area (Å²) in [7, 11) is 0. The van der Waals surface area contributed by atoms with Crippen LogP contribution < -0.4 is 15.8 Å². The van der Waals surface area contributed by atoms with Crippen molar-refractivity contribution in [3.8, 4) is 11.4 Å². The van der Waals surface area contributed by atoms with Crippen molar-refractivity contribution in [1.29, 1.82) is 0 Å². The molecule has 2 aliphatic rings. The number of aromatic amines is 1. The molecule has 0 bridgehead atoms. The maximum atomic E-state index is 15.6. The van der Waals surface area contributed by atoms with E-state index in [-0.39, 0.29) is 5.56 Å². The molecular weight excluding hydrogens is 559 g/mol. The lowest BCUT2D eigenvalue weighted by Crippen LogP contribution is -2.40. The third-order valence-electron chi connectivity index (χ3n) is 7.42. The van der Waals surface area contributed by atoms with Crippen LogP contribution in [0.2, 0.25) is 0 Å². The highest BCUT2D eigenvalue weighted by molar-refractivity contribution is 5.79. The number of aromatic nitrogens is 3. The molecule has 14 heteroatoms. The fourth-order valence-corrected chi connectivity index (χ4v) is 5.22. The molecule has 41 heavy (non-hydrogen) atoms. The predicted molar refractivity (Wildman–Crippen MR) is 133 cm³/mol. The molecule has 7 nitrogen and oxygen atoms in total. The van der Waals surface area contributed by atoms with Gasteiger partial charge in [-0.1, -0.05) is 6.07 Å². The summed E-state index contributed by atoms with van der Waals surface area (Å²) in [5, 5.41) is 2.57.